The fourth-order valence-electron chi connectivity index (χ4n) is 4.00. The van der Waals surface area contributed by atoms with E-state index in [4.69, 9.17) is 23.2 Å². The number of rotatable bonds is 10. The number of carbonyl (C=O) groups excluding carboxylic acids is 2. The smallest absolute Gasteiger partial charge is 0.264 e. The lowest BCUT2D eigenvalue weighted by Crippen LogP contribution is -2.51. The first kappa shape index (κ1) is 28.5. The van der Waals surface area contributed by atoms with E-state index < -0.39 is 28.5 Å². The molecule has 0 aromatic heterocycles. The highest BCUT2D eigenvalue weighted by Crippen LogP contribution is 2.28. The van der Waals surface area contributed by atoms with E-state index >= 15 is 0 Å². The molecule has 10 heteroatoms. The third-order valence-corrected chi connectivity index (χ3v) is 8.34. The van der Waals surface area contributed by atoms with Crippen LogP contribution in [0, 0.1) is 6.92 Å². The van der Waals surface area contributed by atoms with Crippen molar-refractivity contribution >= 4 is 50.7 Å². The number of hydrogen-bond donors (Lipinski definition) is 1. The summed E-state index contributed by atoms with van der Waals surface area (Å²) in [6, 6.07) is 18.9. The summed E-state index contributed by atoms with van der Waals surface area (Å²) in [6.07, 6.45) is 0.312. The molecule has 0 aliphatic carbocycles. The van der Waals surface area contributed by atoms with Crippen LogP contribution in [0.3, 0.4) is 0 Å². The van der Waals surface area contributed by atoms with Crippen molar-refractivity contribution in [1.82, 2.24) is 10.2 Å². The SMILES string of the molecule is CC[C@@H](C(=O)NC)N(Cc1ccc(Cl)cc1Cl)C(=O)CN(c1ccccc1C)S(=O)(=O)c1ccccc1. The fourth-order valence-corrected chi connectivity index (χ4v) is 5.96. The van der Waals surface area contributed by atoms with Gasteiger partial charge < -0.3 is 10.2 Å². The Morgan fingerprint density at radius 2 is 1.62 bits per heavy atom. The number of aryl methyl sites for hydroxylation is 1. The van der Waals surface area contributed by atoms with Crippen molar-refractivity contribution in [2.24, 2.45) is 0 Å². The Kier molecular flexibility index (Phi) is 9.59. The molecule has 1 N–H and O–H groups in total. The third kappa shape index (κ3) is 6.63. The van der Waals surface area contributed by atoms with Gasteiger partial charge in [0.15, 0.2) is 0 Å². The number of amides is 2. The summed E-state index contributed by atoms with van der Waals surface area (Å²) in [6.45, 7) is 3.04. The first-order valence-electron chi connectivity index (χ1n) is 11.7. The van der Waals surface area contributed by atoms with Gasteiger partial charge in [-0.2, -0.15) is 0 Å². The summed E-state index contributed by atoms with van der Waals surface area (Å²) in [4.78, 5) is 28.1. The molecule has 0 bridgehead atoms. The maximum absolute atomic E-state index is 13.9. The average Bonchev–Trinajstić information content (AvgIpc) is 2.89. The predicted octanol–water partition coefficient (Wildman–Crippen LogP) is 5.05. The summed E-state index contributed by atoms with van der Waals surface area (Å²) in [5, 5.41) is 3.36. The minimum absolute atomic E-state index is 0.00619. The lowest BCUT2D eigenvalue weighted by molar-refractivity contribution is -0.140. The molecule has 2 amide bonds. The van der Waals surface area contributed by atoms with Crippen LogP contribution in [0.25, 0.3) is 0 Å². The number of benzene rings is 3. The highest BCUT2D eigenvalue weighted by atomic mass is 35.5. The number of likely N-dealkylation sites (N-methyl/N-ethyl adjacent to an activating group) is 1. The molecule has 3 aromatic carbocycles. The van der Waals surface area contributed by atoms with E-state index in [0.29, 0.717) is 33.3 Å². The van der Waals surface area contributed by atoms with Crippen molar-refractivity contribution in [1.29, 1.82) is 0 Å². The van der Waals surface area contributed by atoms with Crippen LogP contribution in [0.5, 0.6) is 0 Å². The summed E-state index contributed by atoms with van der Waals surface area (Å²) in [5.74, 6) is -0.918. The predicted molar refractivity (Wildman–Crippen MR) is 147 cm³/mol. The van der Waals surface area contributed by atoms with Crippen molar-refractivity contribution in [2.45, 2.75) is 37.8 Å². The number of nitrogens with zero attached hydrogens (tertiary/aromatic N) is 2. The quantitative estimate of drug-likeness (QED) is 0.375. The summed E-state index contributed by atoms with van der Waals surface area (Å²) < 4.78 is 28.6. The van der Waals surface area contributed by atoms with Gasteiger partial charge in [-0.3, -0.25) is 13.9 Å². The van der Waals surface area contributed by atoms with Crippen LogP contribution >= 0.6 is 23.2 Å². The van der Waals surface area contributed by atoms with Crippen LogP contribution in [0.4, 0.5) is 5.69 Å². The molecule has 196 valence electrons. The average molecular weight is 563 g/mol. The zero-order valence-corrected chi connectivity index (χ0v) is 23.1. The first-order chi connectivity index (χ1) is 17.6. The molecule has 0 spiro atoms. The Bertz CT molecular complexity index is 1370. The molecule has 0 aliphatic rings. The standard InChI is InChI=1S/C27H29Cl2N3O4S/c1-4-24(27(34)30-3)31(17-20-14-15-21(28)16-23(20)29)26(33)18-32(25-13-9-8-10-19(25)2)37(35,36)22-11-6-5-7-12-22/h5-16,24H,4,17-18H2,1-3H3,(H,30,34)/t24-/m0/s1. The van der Waals surface area contributed by atoms with E-state index in [-0.39, 0.29) is 17.3 Å². The molecule has 0 aliphatic heterocycles. The molecule has 0 fully saturated rings. The fraction of sp³-hybridized carbons (Fsp3) is 0.259. The molecule has 3 rings (SSSR count). The van der Waals surface area contributed by atoms with E-state index in [9.17, 15) is 18.0 Å². The van der Waals surface area contributed by atoms with Crippen LogP contribution in [0.2, 0.25) is 10.0 Å². The van der Waals surface area contributed by atoms with Gasteiger partial charge in [0.2, 0.25) is 11.8 Å². The lowest BCUT2D eigenvalue weighted by Gasteiger charge is -2.33. The number of nitrogens with one attached hydrogen (secondary N) is 1. The van der Waals surface area contributed by atoms with Crippen LogP contribution in [-0.4, -0.2) is 44.8 Å². The van der Waals surface area contributed by atoms with Crippen molar-refractivity contribution in [2.75, 3.05) is 17.9 Å². The Morgan fingerprint density at radius 1 is 0.973 bits per heavy atom. The zero-order chi connectivity index (χ0) is 27.2. The van der Waals surface area contributed by atoms with Crippen molar-refractivity contribution < 1.29 is 18.0 Å². The first-order valence-corrected chi connectivity index (χ1v) is 13.9. The molecule has 0 saturated carbocycles. The Hall–Kier alpha value is -3.07. The molecule has 0 heterocycles. The highest BCUT2D eigenvalue weighted by molar-refractivity contribution is 7.92. The number of halogens is 2. The van der Waals surface area contributed by atoms with Gasteiger partial charge >= 0.3 is 0 Å². The summed E-state index contributed by atoms with van der Waals surface area (Å²) in [5.41, 5.74) is 1.63. The van der Waals surface area contributed by atoms with Gasteiger partial charge in [0.25, 0.3) is 10.0 Å². The Balaban J connectivity index is 2.08. The second kappa shape index (κ2) is 12.4. The van der Waals surface area contributed by atoms with Gasteiger partial charge in [0.05, 0.1) is 10.6 Å². The van der Waals surface area contributed by atoms with E-state index in [1.165, 1.54) is 24.1 Å². The number of carbonyl (C=O) groups is 2. The van der Waals surface area contributed by atoms with Crippen LogP contribution < -0.4 is 9.62 Å². The second-order valence-electron chi connectivity index (χ2n) is 8.41. The van der Waals surface area contributed by atoms with E-state index in [2.05, 4.69) is 5.32 Å². The zero-order valence-electron chi connectivity index (χ0n) is 20.8. The molecule has 7 nitrogen and oxygen atoms in total. The van der Waals surface area contributed by atoms with Gasteiger partial charge in [0, 0.05) is 23.6 Å². The molecule has 1 atom stereocenters. The molecular formula is C27H29Cl2N3O4S. The molecule has 3 aromatic rings. The highest BCUT2D eigenvalue weighted by Gasteiger charge is 2.34. The minimum atomic E-state index is -4.11. The van der Waals surface area contributed by atoms with Crippen molar-refractivity contribution in [3.63, 3.8) is 0 Å². The number of sulfonamides is 1. The van der Waals surface area contributed by atoms with Gasteiger partial charge in [-0.15, -0.1) is 0 Å². The van der Waals surface area contributed by atoms with E-state index in [0.717, 1.165) is 4.31 Å². The van der Waals surface area contributed by atoms with E-state index in [1.54, 1.807) is 74.5 Å². The minimum Gasteiger partial charge on any atom is -0.357 e. The van der Waals surface area contributed by atoms with E-state index in [1.807, 2.05) is 0 Å². The van der Waals surface area contributed by atoms with Crippen molar-refractivity contribution in [3.8, 4) is 0 Å². The number of para-hydroxylation sites is 1. The molecule has 0 unspecified atom stereocenters. The van der Waals surface area contributed by atoms with Gasteiger partial charge in [-0.25, -0.2) is 8.42 Å². The number of anilines is 1. The van der Waals surface area contributed by atoms with Crippen LogP contribution in [0.1, 0.15) is 24.5 Å². The maximum atomic E-state index is 13.9. The van der Waals surface area contributed by atoms with Crippen molar-refractivity contribution in [3.05, 3.63) is 94.0 Å². The Morgan fingerprint density at radius 3 is 2.22 bits per heavy atom. The molecule has 37 heavy (non-hydrogen) atoms. The van der Waals surface area contributed by atoms with Gasteiger partial charge in [-0.05, 0) is 54.8 Å². The third-order valence-electron chi connectivity index (χ3n) is 5.98. The monoisotopic (exact) mass is 561 g/mol. The number of hydrogen-bond acceptors (Lipinski definition) is 4. The molecular weight excluding hydrogens is 533 g/mol. The van der Waals surface area contributed by atoms with Crippen LogP contribution in [-0.2, 0) is 26.2 Å². The normalized spacial score (nSPS) is 12.0. The molecule has 0 radical (unpaired) electrons. The van der Waals surface area contributed by atoms with Crippen LogP contribution in [0.15, 0.2) is 77.7 Å². The Labute approximate surface area is 228 Å². The van der Waals surface area contributed by atoms with Gasteiger partial charge in [-0.1, -0.05) is 72.6 Å². The lowest BCUT2D eigenvalue weighted by atomic mass is 10.1. The topological polar surface area (TPSA) is 86.8 Å². The summed E-state index contributed by atoms with van der Waals surface area (Å²) >= 11 is 12.4. The second-order valence-corrected chi connectivity index (χ2v) is 11.1. The largest absolute Gasteiger partial charge is 0.357 e. The maximum Gasteiger partial charge on any atom is 0.264 e. The molecule has 0 saturated heterocycles. The van der Waals surface area contributed by atoms with Gasteiger partial charge in [0.1, 0.15) is 12.6 Å². The summed E-state index contributed by atoms with van der Waals surface area (Å²) in [7, 11) is -2.62.